The molecule has 0 saturated heterocycles. The number of benzene rings is 1. The average molecular weight is 278 g/mol. The molecule has 0 aromatic heterocycles. The Hall–Kier alpha value is -1.58. The van der Waals surface area contributed by atoms with E-state index in [4.69, 9.17) is 0 Å². The van der Waals surface area contributed by atoms with Gasteiger partial charge in [-0.1, -0.05) is 25.1 Å². The topological polar surface area (TPSA) is 32.3 Å². The highest BCUT2D eigenvalue weighted by Gasteiger charge is 2.21. The summed E-state index contributed by atoms with van der Waals surface area (Å²) in [5.74, 6) is 0.498. The molecular formula is C16H23FN2O. The van der Waals surface area contributed by atoms with Crippen LogP contribution in [-0.4, -0.2) is 24.0 Å². The van der Waals surface area contributed by atoms with Crippen molar-refractivity contribution in [3.8, 4) is 0 Å². The first kappa shape index (κ1) is 14.8. The zero-order chi connectivity index (χ0) is 14.5. The van der Waals surface area contributed by atoms with Gasteiger partial charge >= 0.3 is 6.03 Å². The molecule has 110 valence electrons. The van der Waals surface area contributed by atoms with Gasteiger partial charge in [-0.05, 0) is 37.7 Å². The van der Waals surface area contributed by atoms with E-state index >= 15 is 0 Å². The summed E-state index contributed by atoms with van der Waals surface area (Å²) >= 11 is 0. The lowest BCUT2D eigenvalue weighted by molar-refractivity contribution is 0.195. The molecule has 3 nitrogen and oxygen atoms in total. The van der Waals surface area contributed by atoms with Gasteiger partial charge in [0.25, 0.3) is 0 Å². The summed E-state index contributed by atoms with van der Waals surface area (Å²) in [6.07, 6.45) is 4.42. The lowest BCUT2D eigenvalue weighted by Gasteiger charge is -2.29. The van der Waals surface area contributed by atoms with Crippen LogP contribution in [0.1, 0.15) is 38.2 Å². The van der Waals surface area contributed by atoms with Crippen molar-refractivity contribution in [3.05, 3.63) is 35.6 Å². The zero-order valence-electron chi connectivity index (χ0n) is 12.2. The lowest BCUT2D eigenvalue weighted by Crippen LogP contribution is -2.44. The number of nitrogens with one attached hydrogen (secondary N) is 1. The molecule has 1 aliphatic rings. The Morgan fingerprint density at radius 2 is 1.95 bits per heavy atom. The van der Waals surface area contributed by atoms with Crippen LogP contribution >= 0.6 is 0 Å². The molecule has 2 rings (SSSR count). The van der Waals surface area contributed by atoms with Crippen molar-refractivity contribution in [3.63, 3.8) is 0 Å². The van der Waals surface area contributed by atoms with E-state index in [2.05, 4.69) is 12.2 Å². The van der Waals surface area contributed by atoms with Crippen LogP contribution in [0.25, 0.3) is 0 Å². The molecule has 1 N–H and O–H groups in total. The molecule has 1 aromatic rings. The van der Waals surface area contributed by atoms with Crippen LogP contribution in [0.15, 0.2) is 24.3 Å². The molecule has 2 amide bonds. The largest absolute Gasteiger partial charge is 0.335 e. The van der Waals surface area contributed by atoms with Gasteiger partial charge in [0, 0.05) is 25.2 Å². The highest BCUT2D eigenvalue weighted by Crippen LogP contribution is 2.23. The molecule has 1 fully saturated rings. The van der Waals surface area contributed by atoms with Crippen LogP contribution in [0, 0.1) is 11.7 Å². The van der Waals surface area contributed by atoms with Gasteiger partial charge in [0.05, 0.1) is 0 Å². The maximum Gasteiger partial charge on any atom is 0.317 e. The molecule has 1 saturated carbocycles. The van der Waals surface area contributed by atoms with Crippen molar-refractivity contribution >= 4 is 6.03 Å². The molecule has 1 aliphatic carbocycles. The second kappa shape index (κ2) is 6.73. The second-order valence-electron chi connectivity index (χ2n) is 5.85. The van der Waals surface area contributed by atoms with Crippen LogP contribution in [0.4, 0.5) is 9.18 Å². The molecule has 4 heteroatoms. The molecule has 1 aromatic carbocycles. The molecule has 0 radical (unpaired) electrons. The maximum absolute atomic E-state index is 13.6. The Bertz CT molecular complexity index is 456. The highest BCUT2D eigenvalue weighted by molar-refractivity contribution is 5.74. The molecular weight excluding hydrogens is 255 g/mol. The third-order valence-corrected chi connectivity index (χ3v) is 4.06. The molecule has 0 aliphatic heterocycles. The smallest absolute Gasteiger partial charge is 0.317 e. The Morgan fingerprint density at radius 1 is 1.30 bits per heavy atom. The predicted octanol–water partition coefficient (Wildman–Crippen LogP) is 3.55. The SMILES string of the molecule is CC1CCC(NC(=O)N(C)Cc2ccccc2F)CC1. The van der Waals surface area contributed by atoms with Gasteiger partial charge in [-0.25, -0.2) is 9.18 Å². The highest BCUT2D eigenvalue weighted by atomic mass is 19.1. The van der Waals surface area contributed by atoms with Gasteiger partial charge < -0.3 is 10.2 Å². The molecule has 0 spiro atoms. The first-order valence-corrected chi connectivity index (χ1v) is 7.31. The monoisotopic (exact) mass is 278 g/mol. The Labute approximate surface area is 120 Å². The van der Waals surface area contributed by atoms with Crippen molar-refractivity contribution < 1.29 is 9.18 Å². The van der Waals surface area contributed by atoms with Gasteiger partial charge in [-0.3, -0.25) is 0 Å². The normalized spacial score (nSPS) is 22.4. The minimum Gasteiger partial charge on any atom is -0.335 e. The van der Waals surface area contributed by atoms with Crippen molar-refractivity contribution in [2.24, 2.45) is 5.92 Å². The summed E-state index contributed by atoms with van der Waals surface area (Å²) in [6, 6.07) is 6.72. The molecule has 0 bridgehead atoms. The van der Waals surface area contributed by atoms with Crippen LogP contribution in [0.5, 0.6) is 0 Å². The summed E-state index contributed by atoms with van der Waals surface area (Å²) in [5.41, 5.74) is 0.544. The van der Waals surface area contributed by atoms with E-state index in [1.807, 2.05) is 0 Å². The molecule has 0 atom stereocenters. The summed E-state index contributed by atoms with van der Waals surface area (Å²) in [5, 5.41) is 3.04. The number of carbonyl (C=O) groups excluding carboxylic acids is 1. The average Bonchev–Trinajstić information content (AvgIpc) is 2.44. The van der Waals surface area contributed by atoms with E-state index < -0.39 is 0 Å². The van der Waals surface area contributed by atoms with E-state index in [1.165, 1.54) is 23.8 Å². The van der Waals surface area contributed by atoms with Gasteiger partial charge in [0.2, 0.25) is 0 Å². The van der Waals surface area contributed by atoms with Crippen LogP contribution in [-0.2, 0) is 6.54 Å². The van der Waals surface area contributed by atoms with Crippen molar-refractivity contribution in [2.45, 2.75) is 45.2 Å². The number of urea groups is 1. The first-order valence-electron chi connectivity index (χ1n) is 7.31. The first-order chi connectivity index (χ1) is 9.56. The number of amides is 2. The van der Waals surface area contributed by atoms with E-state index in [1.54, 1.807) is 25.2 Å². The maximum atomic E-state index is 13.6. The van der Waals surface area contributed by atoms with Gasteiger partial charge in [-0.15, -0.1) is 0 Å². The fourth-order valence-electron chi connectivity index (χ4n) is 2.64. The number of hydrogen-bond donors (Lipinski definition) is 1. The number of halogens is 1. The Balaban J connectivity index is 1.84. The van der Waals surface area contributed by atoms with Gasteiger partial charge in [-0.2, -0.15) is 0 Å². The quantitative estimate of drug-likeness (QED) is 0.901. The minimum absolute atomic E-state index is 0.118. The zero-order valence-corrected chi connectivity index (χ0v) is 12.2. The fraction of sp³-hybridized carbons (Fsp3) is 0.562. The van der Waals surface area contributed by atoms with Gasteiger partial charge in [0.1, 0.15) is 5.82 Å². The lowest BCUT2D eigenvalue weighted by atomic mass is 9.87. The third kappa shape index (κ3) is 3.95. The van der Waals surface area contributed by atoms with Crippen molar-refractivity contribution in [1.82, 2.24) is 10.2 Å². The summed E-state index contributed by atoms with van der Waals surface area (Å²) in [6.45, 7) is 2.55. The molecule has 0 unspecified atom stereocenters. The fourth-order valence-corrected chi connectivity index (χ4v) is 2.64. The van der Waals surface area contributed by atoms with E-state index in [-0.39, 0.29) is 17.9 Å². The van der Waals surface area contributed by atoms with Crippen molar-refractivity contribution in [1.29, 1.82) is 0 Å². The number of nitrogens with zero attached hydrogens (tertiary/aromatic N) is 1. The van der Waals surface area contributed by atoms with E-state index in [0.29, 0.717) is 12.1 Å². The Kier molecular flexibility index (Phi) is 4.99. The molecule has 0 heterocycles. The standard InChI is InChI=1S/C16H23FN2O/c1-12-7-9-14(10-8-12)18-16(20)19(2)11-13-5-3-4-6-15(13)17/h3-6,12,14H,7-11H2,1-2H3,(H,18,20). The summed E-state index contributed by atoms with van der Waals surface area (Å²) in [7, 11) is 1.70. The number of hydrogen-bond acceptors (Lipinski definition) is 1. The van der Waals surface area contributed by atoms with Crippen LogP contribution < -0.4 is 5.32 Å². The van der Waals surface area contributed by atoms with Crippen LogP contribution in [0.3, 0.4) is 0 Å². The van der Waals surface area contributed by atoms with E-state index in [9.17, 15) is 9.18 Å². The van der Waals surface area contributed by atoms with E-state index in [0.717, 1.165) is 18.8 Å². The second-order valence-corrected chi connectivity index (χ2v) is 5.85. The number of rotatable bonds is 3. The summed E-state index contributed by atoms with van der Waals surface area (Å²) < 4.78 is 13.6. The molecule has 20 heavy (non-hydrogen) atoms. The predicted molar refractivity (Wildman–Crippen MR) is 77.8 cm³/mol. The van der Waals surface area contributed by atoms with Gasteiger partial charge in [0.15, 0.2) is 0 Å². The summed E-state index contributed by atoms with van der Waals surface area (Å²) in [4.78, 5) is 13.6. The Morgan fingerprint density at radius 3 is 2.60 bits per heavy atom. The van der Waals surface area contributed by atoms with Crippen LogP contribution in [0.2, 0.25) is 0 Å². The third-order valence-electron chi connectivity index (χ3n) is 4.06. The minimum atomic E-state index is -0.265. The van der Waals surface area contributed by atoms with Crippen molar-refractivity contribution in [2.75, 3.05) is 7.05 Å². The number of carbonyl (C=O) groups is 1.